The summed E-state index contributed by atoms with van der Waals surface area (Å²) in [5.74, 6) is 0.0321. The van der Waals surface area contributed by atoms with Crippen molar-refractivity contribution >= 4 is 23.3 Å². The lowest BCUT2D eigenvalue weighted by molar-refractivity contribution is 0.0937. The number of aromatic nitrogens is 2. The maximum atomic E-state index is 11.9. The first-order valence-electron chi connectivity index (χ1n) is 6.97. The first-order chi connectivity index (χ1) is 10.5. The molecule has 2 aromatic rings. The average Bonchev–Trinajstić information content (AvgIpc) is 2.47. The Morgan fingerprint density at radius 3 is 2.64 bits per heavy atom. The number of ketones is 1. The van der Waals surface area contributed by atoms with Crippen LogP contribution >= 0.6 is 0 Å². The van der Waals surface area contributed by atoms with Crippen molar-refractivity contribution in [3.8, 4) is 0 Å². The molecule has 6 heteroatoms. The summed E-state index contributed by atoms with van der Waals surface area (Å²) in [5.41, 5.74) is 1.57. The number of benzene rings is 1. The summed E-state index contributed by atoms with van der Waals surface area (Å²) in [4.78, 5) is 31.6. The second-order valence-corrected chi connectivity index (χ2v) is 5.16. The van der Waals surface area contributed by atoms with E-state index < -0.39 is 0 Å². The van der Waals surface area contributed by atoms with Gasteiger partial charge in [0.05, 0.1) is 0 Å². The first kappa shape index (κ1) is 15.6. The molecule has 1 heterocycles. The number of carbonyl (C=O) groups is 2. The molecule has 22 heavy (non-hydrogen) atoms. The molecule has 114 valence electrons. The molecule has 0 spiro atoms. The number of rotatable bonds is 5. The highest BCUT2D eigenvalue weighted by molar-refractivity contribution is 5.95. The Hall–Kier alpha value is -2.76. The van der Waals surface area contributed by atoms with Crippen LogP contribution in [0.4, 0.5) is 11.6 Å². The fourth-order valence-corrected chi connectivity index (χ4v) is 1.83. The zero-order valence-corrected chi connectivity index (χ0v) is 12.8. The molecule has 0 unspecified atom stereocenters. The minimum absolute atomic E-state index is 0.0189. The zero-order chi connectivity index (χ0) is 16.1. The van der Waals surface area contributed by atoms with Gasteiger partial charge in [-0.25, -0.2) is 9.97 Å². The zero-order valence-electron chi connectivity index (χ0n) is 12.8. The Kier molecular flexibility index (Phi) is 4.83. The van der Waals surface area contributed by atoms with E-state index >= 15 is 0 Å². The molecule has 0 aliphatic heterocycles. The maximum Gasteiger partial charge on any atom is 0.270 e. The summed E-state index contributed by atoms with van der Waals surface area (Å²) in [6, 6.07) is 8.61. The van der Waals surface area contributed by atoms with E-state index in [0.717, 1.165) is 0 Å². The number of hydrogen-bond donors (Lipinski definition) is 2. The van der Waals surface area contributed by atoms with Gasteiger partial charge in [-0.2, -0.15) is 0 Å². The van der Waals surface area contributed by atoms with Gasteiger partial charge < -0.3 is 10.6 Å². The Balaban J connectivity index is 2.18. The Bertz CT molecular complexity index is 698. The Labute approximate surface area is 129 Å². The number of amides is 1. The van der Waals surface area contributed by atoms with E-state index in [9.17, 15) is 9.59 Å². The van der Waals surface area contributed by atoms with Gasteiger partial charge >= 0.3 is 0 Å². The van der Waals surface area contributed by atoms with Crippen molar-refractivity contribution in [3.05, 3.63) is 47.8 Å². The SMILES string of the molecule is CC(=O)c1cccc(Nc2nccc(C(=O)NC(C)C)n2)c1. The van der Waals surface area contributed by atoms with Crippen molar-refractivity contribution in [2.45, 2.75) is 26.8 Å². The average molecular weight is 298 g/mol. The molecule has 1 aromatic carbocycles. The van der Waals surface area contributed by atoms with E-state index in [2.05, 4.69) is 20.6 Å². The van der Waals surface area contributed by atoms with Gasteiger partial charge in [0, 0.05) is 23.5 Å². The summed E-state index contributed by atoms with van der Waals surface area (Å²) in [6.07, 6.45) is 1.51. The monoisotopic (exact) mass is 298 g/mol. The van der Waals surface area contributed by atoms with Crippen LogP contribution in [0.5, 0.6) is 0 Å². The molecule has 6 nitrogen and oxygen atoms in total. The molecular formula is C16H18N4O2. The van der Waals surface area contributed by atoms with Gasteiger partial charge in [0.25, 0.3) is 5.91 Å². The van der Waals surface area contributed by atoms with Crippen LogP contribution in [0.3, 0.4) is 0 Å². The van der Waals surface area contributed by atoms with Crippen LogP contribution in [-0.2, 0) is 0 Å². The largest absolute Gasteiger partial charge is 0.349 e. The molecule has 1 amide bonds. The fraction of sp³-hybridized carbons (Fsp3) is 0.250. The lowest BCUT2D eigenvalue weighted by atomic mass is 10.1. The van der Waals surface area contributed by atoms with Crippen LogP contribution < -0.4 is 10.6 Å². The van der Waals surface area contributed by atoms with Crippen LogP contribution in [0.25, 0.3) is 0 Å². The maximum absolute atomic E-state index is 11.9. The predicted octanol–water partition coefficient (Wildman–Crippen LogP) is 2.56. The number of carbonyl (C=O) groups excluding carboxylic acids is 2. The summed E-state index contributed by atoms with van der Waals surface area (Å²) < 4.78 is 0. The van der Waals surface area contributed by atoms with Gasteiger partial charge in [-0.15, -0.1) is 0 Å². The van der Waals surface area contributed by atoms with Gasteiger partial charge in [0.15, 0.2) is 5.78 Å². The molecule has 0 atom stereocenters. The van der Waals surface area contributed by atoms with Crippen molar-refractivity contribution in [2.24, 2.45) is 0 Å². The highest BCUT2D eigenvalue weighted by atomic mass is 16.2. The summed E-state index contributed by atoms with van der Waals surface area (Å²) in [5, 5.41) is 5.77. The molecule has 0 radical (unpaired) electrons. The second kappa shape index (κ2) is 6.80. The highest BCUT2D eigenvalue weighted by Crippen LogP contribution is 2.15. The summed E-state index contributed by atoms with van der Waals surface area (Å²) in [7, 11) is 0. The van der Waals surface area contributed by atoms with Crippen molar-refractivity contribution in [1.82, 2.24) is 15.3 Å². The molecule has 0 fully saturated rings. The topological polar surface area (TPSA) is 84.0 Å². The van der Waals surface area contributed by atoms with E-state index in [4.69, 9.17) is 0 Å². The molecule has 0 aliphatic rings. The van der Waals surface area contributed by atoms with Crippen LogP contribution in [-0.4, -0.2) is 27.7 Å². The smallest absolute Gasteiger partial charge is 0.270 e. The Morgan fingerprint density at radius 2 is 1.95 bits per heavy atom. The number of nitrogens with one attached hydrogen (secondary N) is 2. The Morgan fingerprint density at radius 1 is 1.18 bits per heavy atom. The van der Waals surface area contributed by atoms with Crippen LogP contribution in [0, 0.1) is 0 Å². The first-order valence-corrected chi connectivity index (χ1v) is 6.97. The molecule has 0 saturated carbocycles. The van der Waals surface area contributed by atoms with Gasteiger partial charge in [-0.05, 0) is 39.0 Å². The van der Waals surface area contributed by atoms with E-state index in [1.165, 1.54) is 13.1 Å². The predicted molar refractivity (Wildman–Crippen MR) is 84.4 cm³/mol. The van der Waals surface area contributed by atoms with E-state index in [-0.39, 0.29) is 23.4 Å². The van der Waals surface area contributed by atoms with Crippen LogP contribution in [0.15, 0.2) is 36.5 Å². The fourth-order valence-electron chi connectivity index (χ4n) is 1.83. The van der Waals surface area contributed by atoms with Crippen molar-refractivity contribution < 1.29 is 9.59 Å². The highest BCUT2D eigenvalue weighted by Gasteiger charge is 2.10. The third-order valence-electron chi connectivity index (χ3n) is 2.83. The van der Waals surface area contributed by atoms with Gasteiger partial charge in [-0.3, -0.25) is 9.59 Å². The molecule has 2 rings (SSSR count). The lowest BCUT2D eigenvalue weighted by Gasteiger charge is -2.09. The van der Waals surface area contributed by atoms with Crippen molar-refractivity contribution in [3.63, 3.8) is 0 Å². The number of hydrogen-bond acceptors (Lipinski definition) is 5. The summed E-state index contributed by atoms with van der Waals surface area (Å²) in [6.45, 7) is 5.27. The minimum atomic E-state index is -0.252. The summed E-state index contributed by atoms with van der Waals surface area (Å²) >= 11 is 0. The van der Waals surface area contributed by atoms with Crippen molar-refractivity contribution in [1.29, 1.82) is 0 Å². The van der Waals surface area contributed by atoms with Crippen LogP contribution in [0.1, 0.15) is 41.6 Å². The molecule has 1 aromatic heterocycles. The third-order valence-corrected chi connectivity index (χ3v) is 2.83. The third kappa shape index (κ3) is 4.12. The van der Waals surface area contributed by atoms with E-state index in [1.54, 1.807) is 30.3 Å². The number of anilines is 2. The standard InChI is InChI=1S/C16H18N4O2/c1-10(2)18-15(22)14-7-8-17-16(20-14)19-13-6-4-5-12(9-13)11(3)21/h4-10H,1-3H3,(H,18,22)(H,17,19,20). The minimum Gasteiger partial charge on any atom is -0.349 e. The quantitative estimate of drug-likeness (QED) is 0.829. The normalized spacial score (nSPS) is 10.4. The van der Waals surface area contributed by atoms with Gasteiger partial charge in [0.1, 0.15) is 5.69 Å². The van der Waals surface area contributed by atoms with Crippen molar-refractivity contribution in [2.75, 3.05) is 5.32 Å². The van der Waals surface area contributed by atoms with E-state index in [1.807, 2.05) is 13.8 Å². The molecule has 0 bridgehead atoms. The van der Waals surface area contributed by atoms with Crippen LogP contribution in [0.2, 0.25) is 0 Å². The number of Topliss-reactive ketones (excluding diaryl/α,β-unsaturated/α-hetero) is 1. The second-order valence-electron chi connectivity index (χ2n) is 5.16. The van der Waals surface area contributed by atoms with Gasteiger partial charge in [0.2, 0.25) is 5.95 Å². The molecule has 0 aliphatic carbocycles. The van der Waals surface area contributed by atoms with Gasteiger partial charge in [-0.1, -0.05) is 12.1 Å². The van der Waals surface area contributed by atoms with E-state index in [0.29, 0.717) is 17.2 Å². The number of nitrogens with zero attached hydrogens (tertiary/aromatic N) is 2. The molecule has 2 N–H and O–H groups in total. The molecule has 0 saturated heterocycles. The lowest BCUT2D eigenvalue weighted by Crippen LogP contribution is -2.30. The molecular weight excluding hydrogens is 280 g/mol.